The van der Waals surface area contributed by atoms with E-state index in [9.17, 15) is 22.9 Å². The summed E-state index contributed by atoms with van der Waals surface area (Å²) >= 11 is 0. The molecule has 2 N–H and O–H groups in total. The second-order valence-corrected chi connectivity index (χ2v) is 11.6. The topological polar surface area (TPSA) is 122 Å². The molecule has 9 nitrogen and oxygen atoms in total. The van der Waals surface area contributed by atoms with Crippen LogP contribution in [-0.4, -0.2) is 56.8 Å². The normalized spacial score (nSPS) is 14.3. The van der Waals surface area contributed by atoms with Gasteiger partial charge in [-0.1, -0.05) is 66.7 Å². The highest BCUT2D eigenvalue weighted by Crippen LogP contribution is 2.25. The fraction of sp³-hybridized carbons (Fsp3) is 0.156. The lowest BCUT2D eigenvalue weighted by Gasteiger charge is -2.35. The van der Waals surface area contributed by atoms with Gasteiger partial charge in [-0.3, -0.25) is 15.0 Å². The van der Waals surface area contributed by atoms with Crippen LogP contribution >= 0.6 is 0 Å². The van der Waals surface area contributed by atoms with Gasteiger partial charge in [0.2, 0.25) is 5.82 Å². The molecule has 0 spiro atoms. The summed E-state index contributed by atoms with van der Waals surface area (Å²) in [6.07, 6.45) is 2.29. The first kappa shape index (κ1) is 29.6. The molecule has 0 radical (unpaired) electrons. The number of hydrogen-bond donors (Lipinski definition) is 1. The Morgan fingerprint density at radius 1 is 0.860 bits per heavy atom. The van der Waals surface area contributed by atoms with Crippen LogP contribution in [0.15, 0.2) is 118 Å². The molecular formula is C32H30FN5O4S. The molecule has 0 aromatic heterocycles. The number of hydrogen-bond acceptors (Lipinski definition) is 6. The molecule has 1 saturated heterocycles. The number of anilines is 1. The third kappa shape index (κ3) is 7.14. The number of benzene rings is 4. The highest BCUT2D eigenvalue weighted by atomic mass is 32.2. The van der Waals surface area contributed by atoms with Crippen molar-refractivity contribution in [1.82, 2.24) is 4.90 Å². The molecule has 0 bridgehead atoms. The summed E-state index contributed by atoms with van der Waals surface area (Å²) < 4.78 is 42.6. The average molecular weight is 600 g/mol. The van der Waals surface area contributed by atoms with Crippen LogP contribution in [0, 0.1) is 15.9 Å². The predicted molar refractivity (Wildman–Crippen MR) is 166 cm³/mol. The maximum Gasteiger partial charge on any atom is 0.306 e. The van der Waals surface area contributed by atoms with Crippen LogP contribution in [0.2, 0.25) is 0 Å². The van der Waals surface area contributed by atoms with E-state index in [1.807, 2.05) is 48.5 Å². The number of piperazine rings is 1. The number of halogens is 1. The zero-order chi connectivity index (χ0) is 30.4. The smallest absolute Gasteiger partial charge is 0.306 e. The minimum atomic E-state index is -4.39. The van der Waals surface area contributed by atoms with Crippen molar-refractivity contribution in [3.05, 3.63) is 142 Å². The Labute approximate surface area is 249 Å². The average Bonchev–Trinajstić information content (AvgIpc) is 3.02. The van der Waals surface area contributed by atoms with Crippen LogP contribution in [0.3, 0.4) is 0 Å². The maximum atomic E-state index is 13.6. The fourth-order valence-corrected chi connectivity index (χ4v) is 5.89. The van der Waals surface area contributed by atoms with Crippen LogP contribution < -0.4 is 10.6 Å². The van der Waals surface area contributed by atoms with Crippen molar-refractivity contribution in [1.29, 1.82) is 0 Å². The standard InChI is InChI=1S/C32H30FN5O4S/c33-30-16-15-28(23-31(30)38(39)40)43(41,42)35-32(34)26-11-13-27(14-12-26)37-21-19-36(20-22-37)18-17-29(24-7-3-1-4-8-24)25-9-5-2-6-10-25/h1-17,23H,18-22H2,(H2,34,35). The number of amidine groups is 1. The van der Waals surface area contributed by atoms with Gasteiger partial charge in [0, 0.05) is 50.0 Å². The molecule has 4 aromatic rings. The quantitative estimate of drug-likeness (QED) is 0.123. The molecule has 1 aliphatic rings. The lowest BCUT2D eigenvalue weighted by atomic mass is 9.97. The summed E-state index contributed by atoms with van der Waals surface area (Å²) in [5.74, 6) is -1.42. The third-order valence-corrected chi connectivity index (χ3v) is 8.54. The van der Waals surface area contributed by atoms with E-state index in [-0.39, 0.29) is 5.84 Å². The summed E-state index contributed by atoms with van der Waals surface area (Å²) in [6, 6.07) is 30.1. The summed E-state index contributed by atoms with van der Waals surface area (Å²) in [5.41, 5.74) is 9.94. The Morgan fingerprint density at radius 2 is 1.44 bits per heavy atom. The van der Waals surface area contributed by atoms with Crippen LogP contribution in [0.5, 0.6) is 0 Å². The van der Waals surface area contributed by atoms with E-state index in [1.54, 1.807) is 12.1 Å². The van der Waals surface area contributed by atoms with Crippen molar-refractivity contribution in [3.63, 3.8) is 0 Å². The Kier molecular flexibility index (Phi) is 8.93. The number of sulfonamides is 1. The van der Waals surface area contributed by atoms with E-state index in [0.29, 0.717) is 17.7 Å². The van der Waals surface area contributed by atoms with E-state index < -0.39 is 31.3 Å². The molecule has 1 aliphatic heterocycles. The second-order valence-electron chi connectivity index (χ2n) is 10.0. The first-order chi connectivity index (χ1) is 20.7. The van der Waals surface area contributed by atoms with Crippen molar-refractivity contribution in [3.8, 4) is 0 Å². The molecule has 220 valence electrons. The van der Waals surface area contributed by atoms with Gasteiger partial charge in [0.1, 0.15) is 5.84 Å². The van der Waals surface area contributed by atoms with Crippen molar-refractivity contribution in [2.24, 2.45) is 10.1 Å². The Morgan fingerprint density at radius 3 is 2.00 bits per heavy atom. The molecule has 0 unspecified atom stereocenters. The number of rotatable bonds is 9. The van der Waals surface area contributed by atoms with Crippen molar-refractivity contribution < 1.29 is 17.7 Å². The third-order valence-electron chi connectivity index (χ3n) is 7.25. The molecule has 43 heavy (non-hydrogen) atoms. The van der Waals surface area contributed by atoms with E-state index in [2.05, 4.69) is 44.5 Å². The molecule has 0 aliphatic carbocycles. The zero-order valence-electron chi connectivity index (χ0n) is 23.2. The van der Waals surface area contributed by atoms with Crippen molar-refractivity contribution in [2.45, 2.75) is 4.90 Å². The molecule has 0 atom stereocenters. The first-order valence-electron chi connectivity index (χ1n) is 13.6. The van der Waals surface area contributed by atoms with E-state index in [4.69, 9.17) is 5.73 Å². The number of nitrogens with two attached hydrogens (primary N) is 1. The van der Waals surface area contributed by atoms with Gasteiger partial charge in [-0.05, 0) is 53.1 Å². The van der Waals surface area contributed by atoms with Gasteiger partial charge in [-0.25, -0.2) is 0 Å². The minimum absolute atomic E-state index is 0.275. The molecule has 11 heteroatoms. The predicted octanol–water partition coefficient (Wildman–Crippen LogP) is 5.08. The molecule has 4 aromatic carbocycles. The Hall–Kier alpha value is -4.87. The largest absolute Gasteiger partial charge is 0.383 e. The van der Waals surface area contributed by atoms with Gasteiger partial charge in [0.15, 0.2) is 0 Å². The Balaban J connectivity index is 1.23. The highest BCUT2D eigenvalue weighted by Gasteiger charge is 2.22. The van der Waals surface area contributed by atoms with Gasteiger partial charge in [0.05, 0.1) is 9.82 Å². The minimum Gasteiger partial charge on any atom is -0.383 e. The van der Waals surface area contributed by atoms with Crippen molar-refractivity contribution in [2.75, 3.05) is 37.6 Å². The van der Waals surface area contributed by atoms with Gasteiger partial charge < -0.3 is 10.6 Å². The molecule has 1 heterocycles. The molecular weight excluding hydrogens is 569 g/mol. The number of nitrogens with zero attached hydrogens (tertiary/aromatic N) is 4. The molecule has 0 amide bonds. The van der Waals surface area contributed by atoms with Gasteiger partial charge in [0.25, 0.3) is 10.0 Å². The fourth-order valence-electron chi connectivity index (χ4n) is 4.92. The van der Waals surface area contributed by atoms with Gasteiger partial charge >= 0.3 is 5.69 Å². The van der Waals surface area contributed by atoms with Crippen LogP contribution in [0.1, 0.15) is 16.7 Å². The SMILES string of the molecule is N/C(=N/S(=O)(=O)c1ccc(F)c([N+](=O)[O-])c1)c1ccc(N2CCN(CC=C(c3ccccc3)c3ccccc3)CC2)cc1. The number of nitro groups is 1. The lowest BCUT2D eigenvalue weighted by molar-refractivity contribution is -0.387. The van der Waals surface area contributed by atoms with Gasteiger partial charge in [-0.15, -0.1) is 4.40 Å². The van der Waals surface area contributed by atoms with Gasteiger partial charge in [-0.2, -0.15) is 12.8 Å². The Bertz CT molecular complexity index is 1710. The molecule has 5 rings (SSSR count). The maximum absolute atomic E-state index is 13.6. The van der Waals surface area contributed by atoms with E-state index in [1.165, 1.54) is 16.7 Å². The number of nitro benzene ring substituents is 1. The molecule has 0 saturated carbocycles. The summed E-state index contributed by atoms with van der Waals surface area (Å²) in [7, 11) is -4.39. The van der Waals surface area contributed by atoms with E-state index >= 15 is 0 Å². The van der Waals surface area contributed by atoms with Crippen LogP contribution in [0.25, 0.3) is 5.57 Å². The zero-order valence-corrected chi connectivity index (χ0v) is 24.0. The van der Waals surface area contributed by atoms with E-state index in [0.717, 1.165) is 44.5 Å². The molecule has 1 fully saturated rings. The van der Waals surface area contributed by atoms with Crippen LogP contribution in [-0.2, 0) is 10.0 Å². The summed E-state index contributed by atoms with van der Waals surface area (Å²) in [6.45, 7) is 4.22. The highest BCUT2D eigenvalue weighted by molar-refractivity contribution is 7.90. The summed E-state index contributed by atoms with van der Waals surface area (Å²) in [4.78, 5) is 14.1. The summed E-state index contributed by atoms with van der Waals surface area (Å²) in [5, 5.41) is 11.0. The van der Waals surface area contributed by atoms with Crippen LogP contribution in [0.4, 0.5) is 15.8 Å². The second kappa shape index (κ2) is 13.0. The van der Waals surface area contributed by atoms with Crippen molar-refractivity contribution >= 4 is 32.8 Å². The first-order valence-corrected chi connectivity index (χ1v) is 15.1. The lowest BCUT2D eigenvalue weighted by Crippen LogP contribution is -2.46. The monoisotopic (exact) mass is 599 g/mol.